The molecule has 1 N–H and O–H groups in total. The first-order valence-electron chi connectivity index (χ1n) is 6.57. The van der Waals surface area contributed by atoms with Crippen LogP contribution in [0.1, 0.15) is 24.0 Å². The minimum Gasteiger partial charge on any atom is -0.496 e. The highest BCUT2D eigenvalue weighted by atomic mass is 16.5. The van der Waals surface area contributed by atoms with Gasteiger partial charge in [-0.05, 0) is 32.4 Å². The van der Waals surface area contributed by atoms with E-state index in [0.29, 0.717) is 12.2 Å². The van der Waals surface area contributed by atoms with Crippen molar-refractivity contribution in [3.63, 3.8) is 0 Å². The van der Waals surface area contributed by atoms with Gasteiger partial charge in [0.2, 0.25) is 0 Å². The average molecular weight is 247 g/mol. The molecular weight excluding hydrogens is 226 g/mol. The number of rotatable bonds is 4. The summed E-state index contributed by atoms with van der Waals surface area (Å²) in [5.41, 5.74) is 2.17. The summed E-state index contributed by atoms with van der Waals surface area (Å²) in [4.78, 5) is 12.3. The summed E-state index contributed by atoms with van der Waals surface area (Å²) in [5.74, 6) is 1.31. The predicted molar refractivity (Wildman–Crippen MR) is 72.0 cm³/mol. The number of methoxy groups -OCH3 is 1. The highest BCUT2D eigenvalue weighted by molar-refractivity contribution is 5.84. The van der Waals surface area contributed by atoms with Crippen LogP contribution >= 0.6 is 0 Å². The third kappa shape index (κ3) is 3.10. The van der Waals surface area contributed by atoms with Gasteiger partial charge in [-0.25, -0.2) is 0 Å². The standard InChI is InChI=1S/C15H21NO2/c1-11-5-6-15(18-2)13(8-11)9-14(17)12-4-3-7-16-10-12/h5-6,8,12,16H,3-4,7,9-10H2,1-2H3. The first-order chi connectivity index (χ1) is 8.70. The number of ketones is 1. The molecule has 0 aliphatic carbocycles. The van der Waals surface area contributed by atoms with Crippen LogP contribution in [0.5, 0.6) is 5.75 Å². The van der Waals surface area contributed by atoms with Gasteiger partial charge in [-0.1, -0.05) is 17.7 Å². The van der Waals surface area contributed by atoms with Crippen molar-refractivity contribution in [2.75, 3.05) is 20.2 Å². The molecule has 0 spiro atoms. The number of hydrogen-bond acceptors (Lipinski definition) is 3. The summed E-state index contributed by atoms with van der Waals surface area (Å²) >= 11 is 0. The Bertz CT molecular complexity index is 423. The van der Waals surface area contributed by atoms with E-state index in [1.807, 2.05) is 25.1 Å². The van der Waals surface area contributed by atoms with Crippen LogP contribution < -0.4 is 10.1 Å². The second-order valence-corrected chi connectivity index (χ2v) is 5.00. The van der Waals surface area contributed by atoms with Crippen molar-refractivity contribution < 1.29 is 9.53 Å². The summed E-state index contributed by atoms with van der Waals surface area (Å²) in [7, 11) is 1.65. The molecule has 1 unspecified atom stereocenters. The molecule has 1 aliphatic rings. The molecule has 98 valence electrons. The zero-order chi connectivity index (χ0) is 13.0. The van der Waals surface area contributed by atoms with Crippen molar-refractivity contribution in [2.45, 2.75) is 26.2 Å². The molecule has 1 aliphatic heterocycles. The van der Waals surface area contributed by atoms with Crippen LogP contribution in [-0.2, 0) is 11.2 Å². The first kappa shape index (κ1) is 13.1. The second-order valence-electron chi connectivity index (χ2n) is 5.00. The van der Waals surface area contributed by atoms with Crippen molar-refractivity contribution in [3.8, 4) is 5.75 Å². The maximum Gasteiger partial charge on any atom is 0.141 e. The van der Waals surface area contributed by atoms with Gasteiger partial charge in [-0.3, -0.25) is 4.79 Å². The van der Waals surface area contributed by atoms with Gasteiger partial charge in [0.05, 0.1) is 7.11 Å². The topological polar surface area (TPSA) is 38.3 Å². The molecule has 0 saturated carbocycles. The number of Topliss-reactive ketones (excluding diaryl/α,β-unsaturated/α-hetero) is 1. The normalized spacial score (nSPS) is 19.6. The van der Waals surface area contributed by atoms with Crippen LogP contribution in [-0.4, -0.2) is 26.0 Å². The maximum atomic E-state index is 12.3. The van der Waals surface area contributed by atoms with E-state index in [1.54, 1.807) is 7.11 Å². The predicted octanol–water partition coefficient (Wildman–Crippen LogP) is 2.11. The maximum absolute atomic E-state index is 12.3. The number of benzene rings is 1. The molecule has 0 aromatic heterocycles. The summed E-state index contributed by atoms with van der Waals surface area (Å²) in [6, 6.07) is 6.00. The molecule has 1 atom stereocenters. The van der Waals surface area contributed by atoms with Crippen molar-refractivity contribution in [2.24, 2.45) is 5.92 Å². The highest BCUT2D eigenvalue weighted by Crippen LogP contribution is 2.22. The van der Waals surface area contributed by atoms with Gasteiger partial charge in [0.15, 0.2) is 0 Å². The van der Waals surface area contributed by atoms with E-state index < -0.39 is 0 Å². The van der Waals surface area contributed by atoms with Crippen LogP contribution in [0, 0.1) is 12.8 Å². The summed E-state index contributed by atoms with van der Waals surface area (Å²) in [6.45, 7) is 3.90. The van der Waals surface area contributed by atoms with E-state index >= 15 is 0 Å². The fourth-order valence-corrected chi connectivity index (χ4v) is 2.50. The second kappa shape index (κ2) is 6.01. The molecule has 2 rings (SSSR count). The Hall–Kier alpha value is -1.35. The lowest BCUT2D eigenvalue weighted by atomic mass is 9.91. The zero-order valence-electron chi connectivity index (χ0n) is 11.2. The quantitative estimate of drug-likeness (QED) is 0.885. The monoisotopic (exact) mass is 247 g/mol. The van der Waals surface area contributed by atoms with Gasteiger partial charge in [0, 0.05) is 24.4 Å². The Morgan fingerprint density at radius 3 is 3.00 bits per heavy atom. The van der Waals surface area contributed by atoms with Crippen LogP contribution in [0.25, 0.3) is 0 Å². The summed E-state index contributed by atoms with van der Waals surface area (Å²) in [6.07, 6.45) is 2.60. The molecule has 3 nitrogen and oxygen atoms in total. The van der Waals surface area contributed by atoms with Crippen molar-refractivity contribution >= 4 is 5.78 Å². The van der Waals surface area contributed by atoms with E-state index in [2.05, 4.69) is 5.32 Å². The van der Waals surface area contributed by atoms with E-state index in [9.17, 15) is 4.79 Å². The fraction of sp³-hybridized carbons (Fsp3) is 0.533. The van der Waals surface area contributed by atoms with Crippen LogP contribution in [0.15, 0.2) is 18.2 Å². The van der Waals surface area contributed by atoms with E-state index in [4.69, 9.17) is 4.74 Å². The van der Waals surface area contributed by atoms with E-state index in [-0.39, 0.29) is 5.92 Å². The molecule has 0 radical (unpaired) electrons. The molecular formula is C15H21NO2. The lowest BCUT2D eigenvalue weighted by Crippen LogP contribution is -2.35. The third-order valence-corrected chi connectivity index (χ3v) is 3.55. The molecule has 0 bridgehead atoms. The first-order valence-corrected chi connectivity index (χ1v) is 6.57. The molecule has 18 heavy (non-hydrogen) atoms. The van der Waals surface area contributed by atoms with Gasteiger partial charge < -0.3 is 10.1 Å². The van der Waals surface area contributed by atoms with E-state index in [0.717, 1.165) is 37.2 Å². The number of carbonyl (C=O) groups excluding carboxylic acids is 1. The van der Waals surface area contributed by atoms with Crippen LogP contribution in [0.2, 0.25) is 0 Å². The molecule has 0 amide bonds. The Balaban J connectivity index is 2.07. The molecule has 1 heterocycles. The number of ether oxygens (including phenoxy) is 1. The number of nitrogens with one attached hydrogen (secondary N) is 1. The summed E-state index contributed by atoms with van der Waals surface area (Å²) in [5, 5.41) is 3.29. The Labute approximate surface area is 109 Å². The largest absolute Gasteiger partial charge is 0.496 e. The molecule has 1 aromatic rings. The fourth-order valence-electron chi connectivity index (χ4n) is 2.50. The zero-order valence-corrected chi connectivity index (χ0v) is 11.2. The van der Waals surface area contributed by atoms with Crippen molar-refractivity contribution in [1.82, 2.24) is 5.32 Å². The van der Waals surface area contributed by atoms with Crippen molar-refractivity contribution in [3.05, 3.63) is 29.3 Å². The van der Waals surface area contributed by atoms with Crippen LogP contribution in [0.3, 0.4) is 0 Å². The van der Waals surface area contributed by atoms with Gasteiger partial charge in [0.1, 0.15) is 11.5 Å². The summed E-state index contributed by atoms with van der Waals surface area (Å²) < 4.78 is 5.32. The molecule has 1 saturated heterocycles. The SMILES string of the molecule is COc1ccc(C)cc1CC(=O)C1CCCNC1. The molecule has 3 heteroatoms. The van der Waals surface area contributed by atoms with Crippen LogP contribution in [0.4, 0.5) is 0 Å². The molecule has 1 fully saturated rings. The number of aryl methyl sites for hydroxylation is 1. The number of piperidine rings is 1. The number of hydrogen-bond donors (Lipinski definition) is 1. The Kier molecular flexibility index (Phi) is 4.37. The number of carbonyl (C=O) groups is 1. The van der Waals surface area contributed by atoms with Gasteiger partial charge in [-0.2, -0.15) is 0 Å². The van der Waals surface area contributed by atoms with Gasteiger partial charge in [0.25, 0.3) is 0 Å². The van der Waals surface area contributed by atoms with E-state index in [1.165, 1.54) is 5.56 Å². The molecule has 1 aromatic carbocycles. The van der Waals surface area contributed by atoms with Crippen molar-refractivity contribution in [1.29, 1.82) is 0 Å². The Morgan fingerprint density at radius 2 is 2.33 bits per heavy atom. The minimum atomic E-state index is 0.170. The average Bonchev–Trinajstić information content (AvgIpc) is 2.40. The Morgan fingerprint density at radius 1 is 1.50 bits per heavy atom. The third-order valence-electron chi connectivity index (χ3n) is 3.55. The highest BCUT2D eigenvalue weighted by Gasteiger charge is 2.21. The smallest absolute Gasteiger partial charge is 0.141 e. The van der Waals surface area contributed by atoms with Gasteiger partial charge in [-0.15, -0.1) is 0 Å². The lowest BCUT2D eigenvalue weighted by Gasteiger charge is -2.22. The lowest BCUT2D eigenvalue weighted by molar-refractivity contribution is -0.122. The minimum absolute atomic E-state index is 0.170. The van der Waals surface area contributed by atoms with Gasteiger partial charge >= 0.3 is 0 Å².